The lowest BCUT2D eigenvalue weighted by Crippen LogP contribution is -2.51. The Morgan fingerprint density at radius 2 is 1.77 bits per heavy atom. The van der Waals surface area contributed by atoms with Crippen molar-refractivity contribution in [3.05, 3.63) is 35.9 Å². The molecule has 1 aromatic rings. The molecule has 0 fully saturated rings. The molecule has 22 heavy (non-hydrogen) atoms. The summed E-state index contributed by atoms with van der Waals surface area (Å²) in [5, 5.41) is 5.73. The summed E-state index contributed by atoms with van der Waals surface area (Å²) in [4.78, 5) is 23.8. The number of amides is 2. The fourth-order valence-electron chi connectivity index (χ4n) is 2.35. The van der Waals surface area contributed by atoms with Gasteiger partial charge in [-0.25, -0.2) is 0 Å². The van der Waals surface area contributed by atoms with Crippen LogP contribution in [0.3, 0.4) is 0 Å². The highest BCUT2D eigenvalue weighted by Gasteiger charge is 2.22. The third kappa shape index (κ3) is 6.98. The van der Waals surface area contributed by atoms with Crippen molar-refractivity contribution < 1.29 is 9.59 Å². The molecule has 122 valence electrons. The minimum atomic E-state index is -0.561. The number of benzene rings is 1. The first-order valence-electron chi connectivity index (χ1n) is 7.64. The van der Waals surface area contributed by atoms with Gasteiger partial charge in [-0.1, -0.05) is 44.2 Å². The number of carbonyl (C=O) groups is 2. The molecular formula is C17H26N2O2S. The Morgan fingerprint density at radius 1 is 1.14 bits per heavy atom. The van der Waals surface area contributed by atoms with E-state index in [-0.39, 0.29) is 17.9 Å². The van der Waals surface area contributed by atoms with Crippen molar-refractivity contribution in [3.8, 4) is 0 Å². The summed E-state index contributed by atoms with van der Waals surface area (Å²) in [6.45, 7) is 5.64. The van der Waals surface area contributed by atoms with Crippen LogP contribution in [0.2, 0.25) is 0 Å². The number of thiol groups is 1. The average Bonchev–Trinajstić information content (AvgIpc) is 2.45. The first kappa shape index (κ1) is 18.6. The predicted octanol–water partition coefficient (Wildman–Crippen LogP) is 2.19. The van der Waals surface area contributed by atoms with Gasteiger partial charge in [-0.2, -0.15) is 12.6 Å². The highest BCUT2D eigenvalue weighted by atomic mass is 32.1. The molecule has 0 spiro atoms. The zero-order valence-corrected chi connectivity index (χ0v) is 14.4. The average molecular weight is 322 g/mol. The molecule has 0 heterocycles. The predicted molar refractivity (Wildman–Crippen MR) is 93.0 cm³/mol. The second-order valence-electron chi connectivity index (χ2n) is 5.96. The summed E-state index contributed by atoms with van der Waals surface area (Å²) in [6.07, 6.45) is 1.35. The van der Waals surface area contributed by atoms with E-state index in [1.54, 1.807) is 0 Å². The van der Waals surface area contributed by atoms with E-state index in [9.17, 15) is 9.59 Å². The van der Waals surface area contributed by atoms with E-state index in [4.69, 9.17) is 0 Å². The largest absolute Gasteiger partial charge is 0.351 e. The van der Waals surface area contributed by atoms with Crippen molar-refractivity contribution >= 4 is 24.4 Å². The summed E-state index contributed by atoms with van der Waals surface area (Å²) in [6, 6.07) is 9.13. The van der Waals surface area contributed by atoms with Gasteiger partial charge in [0.25, 0.3) is 0 Å². The summed E-state index contributed by atoms with van der Waals surface area (Å²) in [5.74, 6) is 0.703. The Labute approximate surface area is 138 Å². The lowest BCUT2D eigenvalue weighted by molar-refractivity contribution is -0.128. The Morgan fingerprint density at radius 3 is 2.27 bits per heavy atom. The molecule has 2 unspecified atom stereocenters. The highest BCUT2D eigenvalue weighted by Crippen LogP contribution is 2.08. The molecule has 1 aromatic carbocycles. The molecule has 0 saturated heterocycles. The molecule has 0 aliphatic carbocycles. The van der Waals surface area contributed by atoms with Gasteiger partial charge in [-0.05, 0) is 17.9 Å². The van der Waals surface area contributed by atoms with Crippen molar-refractivity contribution in [1.82, 2.24) is 10.6 Å². The number of carbonyl (C=O) groups excluding carboxylic acids is 2. The minimum Gasteiger partial charge on any atom is -0.351 e. The molecule has 5 heteroatoms. The SMILES string of the molecule is CC(=O)NC(Cc1ccccc1)C(=O)NC(CS)CC(C)C. The van der Waals surface area contributed by atoms with E-state index in [0.717, 1.165) is 12.0 Å². The fourth-order valence-corrected chi connectivity index (χ4v) is 2.59. The monoisotopic (exact) mass is 322 g/mol. The summed E-state index contributed by atoms with van der Waals surface area (Å²) in [5.41, 5.74) is 1.02. The highest BCUT2D eigenvalue weighted by molar-refractivity contribution is 7.80. The third-order valence-corrected chi connectivity index (χ3v) is 3.74. The molecule has 2 N–H and O–H groups in total. The van der Waals surface area contributed by atoms with Crippen LogP contribution >= 0.6 is 12.6 Å². The fraction of sp³-hybridized carbons (Fsp3) is 0.529. The van der Waals surface area contributed by atoms with Crippen LogP contribution in [0, 0.1) is 5.92 Å². The van der Waals surface area contributed by atoms with Crippen LogP contribution in [0.4, 0.5) is 0 Å². The van der Waals surface area contributed by atoms with Crippen molar-refractivity contribution in [2.24, 2.45) is 5.92 Å². The molecule has 0 aromatic heterocycles. The van der Waals surface area contributed by atoms with Crippen LogP contribution < -0.4 is 10.6 Å². The Kier molecular flexibility index (Phi) is 8.02. The molecule has 2 amide bonds. The zero-order valence-electron chi connectivity index (χ0n) is 13.5. The molecule has 0 radical (unpaired) electrons. The number of nitrogens with one attached hydrogen (secondary N) is 2. The van der Waals surface area contributed by atoms with Crippen molar-refractivity contribution in [2.45, 2.75) is 45.7 Å². The summed E-state index contributed by atoms with van der Waals surface area (Å²) < 4.78 is 0. The maximum absolute atomic E-state index is 12.5. The van der Waals surface area contributed by atoms with Gasteiger partial charge in [-0.15, -0.1) is 0 Å². The van der Waals surface area contributed by atoms with Crippen LogP contribution in [-0.4, -0.2) is 29.7 Å². The van der Waals surface area contributed by atoms with Gasteiger partial charge in [0, 0.05) is 25.1 Å². The molecule has 0 aliphatic heterocycles. The van der Waals surface area contributed by atoms with Crippen LogP contribution in [0.15, 0.2) is 30.3 Å². The lowest BCUT2D eigenvalue weighted by Gasteiger charge is -2.23. The third-order valence-electron chi connectivity index (χ3n) is 3.30. The van der Waals surface area contributed by atoms with Gasteiger partial charge in [0.1, 0.15) is 6.04 Å². The van der Waals surface area contributed by atoms with Crippen LogP contribution in [0.1, 0.15) is 32.8 Å². The van der Waals surface area contributed by atoms with E-state index in [1.807, 2.05) is 30.3 Å². The maximum Gasteiger partial charge on any atom is 0.243 e. The summed E-state index contributed by atoms with van der Waals surface area (Å²) in [7, 11) is 0. The Hall–Kier alpha value is -1.49. The van der Waals surface area contributed by atoms with Crippen molar-refractivity contribution in [2.75, 3.05) is 5.75 Å². The van der Waals surface area contributed by atoms with Crippen LogP contribution in [-0.2, 0) is 16.0 Å². The number of rotatable bonds is 8. The van der Waals surface area contributed by atoms with E-state index >= 15 is 0 Å². The first-order chi connectivity index (χ1) is 10.4. The first-order valence-corrected chi connectivity index (χ1v) is 8.27. The second-order valence-corrected chi connectivity index (χ2v) is 6.33. The van der Waals surface area contributed by atoms with E-state index < -0.39 is 6.04 Å². The zero-order chi connectivity index (χ0) is 16.5. The van der Waals surface area contributed by atoms with Gasteiger partial charge >= 0.3 is 0 Å². The Bertz CT molecular complexity index is 477. The van der Waals surface area contributed by atoms with Crippen LogP contribution in [0.25, 0.3) is 0 Å². The number of hydrogen-bond acceptors (Lipinski definition) is 3. The normalized spacial score (nSPS) is 13.5. The van der Waals surface area contributed by atoms with Gasteiger partial charge in [0.05, 0.1) is 0 Å². The molecular weight excluding hydrogens is 296 g/mol. The van der Waals surface area contributed by atoms with E-state index in [0.29, 0.717) is 18.1 Å². The van der Waals surface area contributed by atoms with Gasteiger partial charge in [0.15, 0.2) is 0 Å². The smallest absolute Gasteiger partial charge is 0.243 e. The molecule has 0 saturated carbocycles. The van der Waals surface area contributed by atoms with Gasteiger partial charge in [0.2, 0.25) is 11.8 Å². The minimum absolute atomic E-state index is 0.0165. The van der Waals surface area contributed by atoms with E-state index in [1.165, 1.54) is 6.92 Å². The standard InChI is InChI=1S/C17H26N2O2S/c1-12(2)9-15(11-22)19-17(21)16(18-13(3)20)10-14-7-5-4-6-8-14/h4-8,12,15-16,22H,9-11H2,1-3H3,(H,18,20)(H,19,21). The lowest BCUT2D eigenvalue weighted by atomic mass is 10.0. The summed E-state index contributed by atoms with van der Waals surface area (Å²) >= 11 is 4.30. The van der Waals surface area contributed by atoms with Gasteiger partial charge in [-0.3, -0.25) is 9.59 Å². The maximum atomic E-state index is 12.5. The quantitative estimate of drug-likeness (QED) is 0.643. The van der Waals surface area contributed by atoms with Crippen molar-refractivity contribution in [3.63, 3.8) is 0 Å². The molecule has 1 rings (SSSR count). The molecule has 4 nitrogen and oxygen atoms in total. The topological polar surface area (TPSA) is 58.2 Å². The molecule has 2 atom stereocenters. The van der Waals surface area contributed by atoms with Crippen molar-refractivity contribution in [1.29, 1.82) is 0 Å². The molecule has 0 aliphatic rings. The molecule has 0 bridgehead atoms. The second kappa shape index (κ2) is 9.51. The number of hydrogen-bond donors (Lipinski definition) is 3. The van der Waals surface area contributed by atoms with Crippen LogP contribution in [0.5, 0.6) is 0 Å². The van der Waals surface area contributed by atoms with E-state index in [2.05, 4.69) is 37.1 Å². The Balaban J connectivity index is 2.73. The van der Waals surface area contributed by atoms with Gasteiger partial charge < -0.3 is 10.6 Å².